The molecule has 1 atom stereocenters. The average Bonchev–Trinajstić information content (AvgIpc) is 2.69. The number of nitrogens with zero attached hydrogens (tertiary/aromatic N) is 2. The van der Waals surface area contributed by atoms with Crippen LogP contribution in [0.3, 0.4) is 0 Å². The minimum absolute atomic E-state index is 0.0538. The van der Waals surface area contributed by atoms with Crippen molar-refractivity contribution in [1.29, 1.82) is 0 Å². The van der Waals surface area contributed by atoms with E-state index in [9.17, 15) is 9.18 Å². The number of hydrogen-bond acceptors (Lipinski definition) is 5. The summed E-state index contributed by atoms with van der Waals surface area (Å²) in [6.07, 6.45) is 1.72. The zero-order chi connectivity index (χ0) is 18.4. The number of rotatable bonds is 6. The molecule has 2 saturated heterocycles. The van der Waals surface area contributed by atoms with Gasteiger partial charge in [-0.2, -0.15) is 0 Å². The van der Waals surface area contributed by atoms with Gasteiger partial charge in [0.2, 0.25) is 5.91 Å². The summed E-state index contributed by atoms with van der Waals surface area (Å²) < 4.78 is 18.3. The molecule has 0 saturated carbocycles. The van der Waals surface area contributed by atoms with Gasteiger partial charge in [-0.3, -0.25) is 9.69 Å². The number of amides is 1. The van der Waals surface area contributed by atoms with Gasteiger partial charge in [-0.1, -0.05) is 0 Å². The lowest BCUT2D eigenvalue weighted by molar-refractivity contribution is -0.124. The topological polar surface area (TPSA) is 70.8 Å². The summed E-state index contributed by atoms with van der Waals surface area (Å²) in [6.45, 7) is 6.50. The van der Waals surface area contributed by atoms with Gasteiger partial charge in [0.15, 0.2) is 0 Å². The summed E-state index contributed by atoms with van der Waals surface area (Å²) in [6, 6.07) is 6.21. The predicted octanol–water partition coefficient (Wildman–Crippen LogP) is 0.818. The van der Waals surface area contributed by atoms with Crippen molar-refractivity contribution >= 4 is 11.6 Å². The van der Waals surface area contributed by atoms with E-state index in [-0.39, 0.29) is 17.6 Å². The fraction of sp³-hybridized carbons (Fsp3) is 0.632. The van der Waals surface area contributed by atoms with Gasteiger partial charge in [0, 0.05) is 58.2 Å². The first kappa shape index (κ1) is 19.1. The fourth-order valence-corrected chi connectivity index (χ4v) is 3.63. The Labute approximate surface area is 154 Å². The van der Waals surface area contributed by atoms with Gasteiger partial charge in [0.1, 0.15) is 5.82 Å². The van der Waals surface area contributed by atoms with Crippen LogP contribution < -0.4 is 16.0 Å². The Morgan fingerprint density at radius 1 is 1.19 bits per heavy atom. The number of halogens is 1. The number of nitrogens with two attached hydrogens (primary N) is 1. The van der Waals surface area contributed by atoms with Gasteiger partial charge in [-0.15, -0.1) is 0 Å². The largest absolute Gasteiger partial charge is 0.381 e. The first-order chi connectivity index (χ1) is 12.6. The van der Waals surface area contributed by atoms with Gasteiger partial charge in [-0.05, 0) is 43.0 Å². The maximum atomic E-state index is 13.0. The lowest BCUT2D eigenvalue weighted by Crippen LogP contribution is -2.51. The van der Waals surface area contributed by atoms with Crippen LogP contribution in [0.5, 0.6) is 0 Å². The molecule has 26 heavy (non-hydrogen) atoms. The highest BCUT2D eigenvalue weighted by Crippen LogP contribution is 2.18. The Morgan fingerprint density at radius 3 is 2.50 bits per heavy atom. The monoisotopic (exact) mass is 364 g/mol. The number of nitrogens with one attached hydrogen (secondary N) is 1. The highest BCUT2D eigenvalue weighted by molar-refractivity contribution is 5.81. The number of piperazine rings is 1. The van der Waals surface area contributed by atoms with Crippen molar-refractivity contribution in [2.24, 2.45) is 11.7 Å². The molecule has 2 aliphatic heterocycles. The first-order valence-corrected chi connectivity index (χ1v) is 9.47. The maximum Gasteiger partial charge on any atom is 0.237 e. The van der Waals surface area contributed by atoms with E-state index in [1.165, 1.54) is 12.1 Å². The quantitative estimate of drug-likeness (QED) is 0.782. The lowest BCUT2D eigenvalue weighted by atomic mass is 9.92. The molecule has 1 amide bonds. The molecule has 3 N–H and O–H groups in total. The number of anilines is 1. The first-order valence-electron chi connectivity index (χ1n) is 9.47. The fourth-order valence-electron chi connectivity index (χ4n) is 3.63. The Morgan fingerprint density at radius 2 is 1.85 bits per heavy atom. The lowest BCUT2D eigenvalue weighted by Gasteiger charge is -2.36. The molecular weight excluding hydrogens is 335 g/mol. The van der Waals surface area contributed by atoms with E-state index in [0.29, 0.717) is 19.8 Å². The van der Waals surface area contributed by atoms with Gasteiger partial charge < -0.3 is 20.7 Å². The van der Waals surface area contributed by atoms with E-state index < -0.39 is 6.04 Å². The highest BCUT2D eigenvalue weighted by Gasteiger charge is 2.26. The van der Waals surface area contributed by atoms with Crippen LogP contribution in [0.15, 0.2) is 24.3 Å². The van der Waals surface area contributed by atoms with Gasteiger partial charge in [0.25, 0.3) is 0 Å². The van der Waals surface area contributed by atoms with Crippen LogP contribution in [0.4, 0.5) is 10.1 Å². The van der Waals surface area contributed by atoms with Crippen molar-refractivity contribution < 1.29 is 13.9 Å². The van der Waals surface area contributed by atoms with Crippen molar-refractivity contribution in [2.45, 2.75) is 18.9 Å². The highest BCUT2D eigenvalue weighted by atomic mass is 19.1. The summed E-state index contributed by atoms with van der Waals surface area (Å²) in [5.41, 5.74) is 7.15. The van der Waals surface area contributed by atoms with Gasteiger partial charge >= 0.3 is 0 Å². The Balaban J connectivity index is 1.34. The molecule has 2 fully saturated rings. The Kier molecular flexibility index (Phi) is 6.82. The molecule has 144 valence electrons. The Hall–Kier alpha value is -1.70. The second kappa shape index (κ2) is 9.30. The zero-order valence-electron chi connectivity index (χ0n) is 15.2. The van der Waals surface area contributed by atoms with Crippen molar-refractivity contribution in [2.75, 3.05) is 57.4 Å². The third-order valence-electron chi connectivity index (χ3n) is 5.37. The van der Waals surface area contributed by atoms with Crippen LogP contribution in [0, 0.1) is 11.7 Å². The van der Waals surface area contributed by atoms with Crippen molar-refractivity contribution in [3.05, 3.63) is 30.1 Å². The van der Waals surface area contributed by atoms with E-state index in [4.69, 9.17) is 10.5 Å². The second-order valence-corrected chi connectivity index (χ2v) is 7.07. The molecule has 0 spiro atoms. The second-order valence-electron chi connectivity index (χ2n) is 7.07. The summed E-state index contributed by atoms with van der Waals surface area (Å²) in [5.74, 6) is -0.0352. The minimum atomic E-state index is -0.436. The molecule has 3 rings (SSSR count). The molecule has 0 aromatic heterocycles. The number of carbonyl (C=O) groups is 1. The van der Waals surface area contributed by atoms with Crippen molar-refractivity contribution in [3.63, 3.8) is 0 Å². The molecule has 7 heteroatoms. The SMILES string of the molecule is NC(C(=O)NCCN1CCN(c2ccc(F)cc2)CC1)C1CCOCC1. The molecule has 1 aromatic rings. The van der Waals surface area contributed by atoms with Gasteiger partial charge in [0.05, 0.1) is 6.04 Å². The van der Waals surface area contributed by atoms with Crippen LogP contribution in [-0.2, 0) is 9.53 Å². The van der Waals surface area contributed by atoms with E-state index in [2.05, 4.69) is 15.1 Å². The van der Waals surface area contributed by atoms with Crippen molar-refractivity contribution in [1.82, 2.24) is 10.2 Å². The molecule has 0 bridgehead atoms. The predicted molar refractivity (Wildman–Crippen MR) is 99.6 cm³/mol. The molecular formula is C19H29FN4O2. The summed E-state index contributed by atoms with van der Waals surface area (Å²) in [7, 11) is 0. The smallest absolute Gasteiger partial charge is 0.237 e. The molecule has 1 aromatic carbocycles. The van der Waals surface area contributed by atoms with Crippen LogP contribution >= 0.6 is 0 Å². The molecule has 2 heterocycles. The average molecular weight is 364 g/mol. The summed E-state index contributed by atoms with van der Waals surface area (Å²) in [5, 5.41) is 2.97. The molecule has 2 aliphatic rings. The van der Waals surface area contributed by atoms with Gasteiger partial charge in [-0.25, -0.2) is 4.39 Å². The number of hydrogen-bond donors (Lipinski definition) is 2. The van der Waals surface area contributed by atoms with Crippen LogP contribution in [-0.4, -0.2) is 69.3 Å². The van der Waals surface area contributed by atoms with E-state index in [1.54, 1.807) is 0 Å². The van der Waals surface area contributed by atoms with E-state index in [0.717, 1.165) is 51.3 Å². The normalized spacial score (nSPS) is 20.8. The zero-order valence-corrected chi connectivity index (χ0v) is 15.2. The third-order valence-corrected chi connectivity index (χ3v) is 5.37. The molecule has 6 nitrogen and oxygen atoms in total. The van der Waals surface area contributed by atoms with Crippen LogP contribution in [0.25, 0.3) is 0 Å². The molecule has 0 radical (unpaired) electrons. The molecule has 0 aliphatic carbocycles. The number of benzene rings is 1. The number of carbonyl (C=O) groups excluding carboxylic acids is 1. The maximum absolute atomic E-state index is 13.0. The molecule has 1 unspecified atom stereocenters. The minimum Gasteiger partial charge on any atom is -0.381 e. The van der Waals surface area contributed by atoms with E-state index >= 15 is 0 Å². The van der Waals surface area contributed by atoms with Crippen LogP contribution in [0.1, 0.15) is 12.8 Å². The van der Waals surface area contributed by atoms with Crippen molar-refractivity contribution in [3.8, 4) is 0 Å². The summed E-state index contributed by atoms with van der Waals surface area (Å²) in [4.78, 5) is 16.8. The number of ether oxygens (including phenoxy) is 1. The summed E-state index contributed by atoms with van der Waals surface area (Å²) >= 11 is 0. The van der Waals surface area contributed by atoms with Crippen LogP contribution in [0.2, 0.25) is 0 Å². The standard InChI is InChI=1S/C19H29FN4O2/c20-16-1-3-17(4-2-16)24-11-9-23(10-12-24)8-7-22-19(25)18(21)15-5-13-26-14-6-15/h1-4,15,18H,5-14,21H2,(H,22,25). The van der Waals surface area contributed by atoms with E-state index in [1.807, 2.05) is 12.1 Å². The Bertz CT molecular complexity index is 569. The third kappa shape index (κ3) is 5.16.